The summed E-state index contributed by atoms with van der Waals surface area (Å²) >= 11 is 0. The Hall–Kier alpha value is -2.20. The van der Waals surface area contributed by atoms with Gasteiger partial charge in [0.2, 0.25) is 0 Å². The molecule has 24 heavy (non-hydrogen) atoms. The Morgan fingerprint density at radius 1 is 1.29 bits per heavy atom. The predicted molar refractivity (Wildman–Crippen MR) is 91.5 cm³/mol. The van der Waals surface area contributed by atoms with Crippen LogP contribution < -0.4 is 0 Å². The van der Waals surface area contributed by atoms with Crippen LogP contribution in [-0.2, 0) is 6.42 Å². The average Bonchev–Trinajstić information content (AvgIpc) is 3.07. The Morgan fingerprint density at radius 2 is 2.08 bits per heavy atom. The van der Waals surface area contributed by atoms with Gasteiger partial charge in [-0.1, -0.05) is 30.3 Å². The Labute approximate surface area is 141 Å². The quantitative estimate of drug-likeness (QED) is 0.936. The maximum Gasteiger partial charge on any atom is 0.254 e. The number of likely N-dealkylation sites (tertiary alicyclic amines) is 1. The van der Waals surface area contributed by atoms with Gasteiger partial charge in [0.1, 0.15) is 5.82 Å². The Balaban J connectivity index is 1.87. The molecule has 1 amide bonds. The second-order valence-electron chi connectivity index (χ2n) is 6.39. The molecule has 1 aliphatic rings. The molecule has 2 aromatic rings. The van der Waals surface area contributed by atoms with Crippen molar-refractivity contribution in [2.24, 2.45) is 0 Å². The first-order valence-corrected chi connectivity index (χ1v) is 8.35. The summed E-state index contributed by atoms with van der Waals surface area (Å²) in [5.74, 6) is -0.272. The van der Waals surface area contributed by atoms with Crippen LogP contribution in [0.25, 0.3) is 0 Å². The molecule has 4 heteroatoms. The third kappa shape index (κ3) is 3.34. The van der Waals surface area contributed by atoms with Crippen LogP contribution in [0.4, 0.5) is 4.39 Å². The van der Waals surface area contributed by atoms with E-state index in [9.17, 15) is 14.3 Å². The van der Waals surface area contributed by atoms with Crippen molar-refractivity contribution in [1.82, 2.24) is 4.90 Å². The van der Waals surface area contributed by atoms with Gasteiger partial charge >= 0.3 is 0 Å². The van der Waals surface area contributed by atoms with E-state index in [1.54, 1.807) is 17.9 Å². The van der Waals surface area contributed by atoms with Crippen LogP contribution in [0.1, 0.15) is 39.9 Å². The monoisotopic (exact) mass is 327 g/mol. The minimum Gasteiger partial charge on any atom is -0.394 e. The van der Waals surface area contributed by atoms with Gasteiger partial charge in [-0.25, -0.2) is 4.39 Å². The lowest BCUT2D eigenvalue weighted by molar-refractivity contribution is 0.0676. The predicted octanol–water partition coefficient (Wildman–Crippen LogP) is 3.32. The van der Waals surface area contributed by atoms with Gasteiger partial charge in [-0.3, -0.25) is 4.79 Å². The van der Waals surface area contributed by atoms with Gasteiger partial charge in [-0.15, -0.1) is 0 Å². The Kier molecular flexibility index (Phi) is 4.95. The molecule has 3 rings (SSSR count). The van der Waals surface area contributed by atoms with E-state index >= 15 is 0 Å². The van der Waals surface area contributed by atoms with Crippen LogP contribution in [0, 0.1) is 12.7 Å². The molecule has 1 fully saturated rings. The van der Waals surface area contributed by atoms with Crippen molar-refractivity contribution < 1.29 is 14.3 Å². The van der Waals surface area contributed by atoms with Gasteiger partial charge in [-0.2, -0.15) is 0 Å². The van der Waals surface area contributed by atoms with E-state index in [-0.39, 0.29) is 24.4 Å². The third-order valence-corrected chi connectivity index (χ3v) is 4.73. The Morgan fingerprint density at radius 3 is 2.83 bits per heavy atom. The highest BCUT2D eigenvalue weighted by molar-refractivity contribution is 5.96. The van der Waals surface area contributed by atoms with Crippen molar-refractivity contribution in [3.8, 4) is 0 Å². The lowest BCUT2D eigenvalue weighted by Gasteiger charge is -2.24. The van der Waals surface area contributed by atoms with E-state index in [0.29, 0.717) is 24.1 Å². The molecule has 1 aliphatic heterocycles. The molecule has 1 saturated heterocycles. The molecular formula is C20H22FNO2. The highest BCUT2D eigenvalue weighted by Gasteiger charge is 2.29. The van der Waals surface area contributed by atoms with Crippen molar-refractivity contribution >= 4 is 5.91 Å². The van der Waals surface area contributed by atoms with Gasteiger partial charge in [0.05, 0.1) is 12.6 Å². The smallest absolute Gasteiger partial charge is 0.254 e. The summed E-state index contributed by atoms with van der Waals surface area (Å²) in [6.45, 7) is 2.41. The van der Waals surface area contributed by atoms with Crippen LogP contribution in [-0.4, -0.2) is 35.1 Å². The zero-order chi connectivity index (χ0) is 17.1. The number of aliphatic hydroxyl groups excluding tert-OH is 1. The van der Waals surface area contributed by atoms with Crippen molar-refractivity contribution in [3.05, 3.63) is 70.5 Å². The molecular weight excluding hydrogens is 305 g/mol. The van der Waals surface area contributed by atoms with Gasteiger partial charge in [-0.05, 0) is 55.0 Å². The number of carbonyl (C=O) groups is 1. The normalized spacial score (nSPS) is 17.3. The van der Waals surface area contributed by atoms with Gasteiger partial charge in [0.25, 0.3) is 5.91 Å². The van der Waals surface area contributed by atoms with E-state index in [2.05, 4.69) is 0 Å². The highest BCUT2D eigenvalue weighted by Crippen LogP contribution is 2.23. The second kappa shape index (κ2) is 7.14. The summed E-state index contributed by atoms with van der Waals surface area (Å²) in [6.07, 6.45) is 2.27. The molecule has 126 valence electrons. The summed E-state index contributed by atoms with van der Waals surface area (Å²) in [5, 5.41) is 9.46. The molecule has 1 atom stereocenters. The first-order chi connectivity index (χ1) is 11.6. The molecule has 0 aromatic heterocycles. The molecule has 0 spiro atoms. The SMILES string of the molecule is Cc1ccc(Cc2ccccc2C(=O)N2CCC[C@H]2CO)cc1F. The van der Waals surface area contributed by atoms with E-state index in [1.807, 2.05) is 30.3 Å². The molecule has 0 saturated carbocycles. The van der Waals surface area contributed by atoms with Crippen LogP contribution >= 0.6 is 0 Å². The molecule has 1 N–H and O–H groups in total. The molecule has 0 bridgehead atoms. The first-order valence-electron chi connectivity index (χ1n) is 8.35. The maximum atomic E-state index is 13.8. The van der Waals surface area contributed by atoms with Crippen LogP contribution in [0.3, 0.4) is 0 Å². The number of rotatable bonds is 4. The summed E-state index contributed by atoms with van der Waals surface area (Å²) < 4.78 is 13.8. The molecule has 2 aromatic carbocycles. The zero-order valence-corrected chi connectivity index (χ0v) is 13.8. The number of hydrogen-bond donors (Lipinski definition) is 1. The van der Waals surface area contributed by atoms with Crippen molar-refractivity contribution in [2.75, 3.05) is 13.2 Å². The average molecular weight is 327 g/mol. The number of hydrogen-bond acceptors (Lipinski definition) is 2. The molecule has 0 unspecified atom stereocenters. The number of benzene rings is 2. The van der Waals surface area contributed by atoms with E-state index in [0.717, 1.165) is 24.0 Å². The fourth-order valence-corrected chi connectivity index (χ4v) is 3.30. The second-order valence-corrected chi connectivity index (χ2v) is 6.39. The summed E-state index contributed by atoms with van der Waals surface area (Å²) in [7, 11) is 0. The van der Waals surface area contributed by atoms with Crippen molar-refractivity contribution in [2.45, 2.75) is 32.2 Å². The molecule has 3 nitrogen and oxygen atoms in total. The van der Waals surface area contributed by atoms with Crippen LogP contribution in [0.5, 0.6) is 0 Å². The minimum absolute atomic E-state index is 0.00290. The van der Waals surface area contributed by atoms with Crippen molar-refractivity contribution in [3.63, 3.8) is 0 Å². The number of aryl methyl sites for hydroxylation is 1. The lowest BCUT2D eigenvalue weighted by atomic mass is 9.98. The van der Waals surface area contributed by atoms with E-state index in [1.165, 1.54) is 6.07 Å². The number of nitrogens with zero attached hydrogens (tertiary/aromatic N) is 1. The summed E-state index contributed by atoms with van der Waals surface area (Å²) in [5.41, 5.74) is 2.98. The molecule has 0 radical (unpaired) electrons. The highest BCUT2D eigenvalue weighted by atomic mass is 19.1. The zero-order valence-electron chi connectivity index (χ0n) is 13.8. The summed E-state index contributed by atoms with van der Waals surface area (Å²) in [4.78, 5) is 14.6. The molecule has 1 heterocycles. The van der Waals surface area contributed by atoms with Gasteiger partial charge < -0.3 is 10.0 Å². The fraction of sp³-hybridized carbons (Fsp3) is 0.350. The van der Waals surface area contributed by atoms with Crippen molar-refractivity contribution in [1.29, 1.82) is 0 Å². The van der Waals surface area contributed by atoms with Gasteiger partial charge in [0, 0.05) is 12.1 Å². The number of amides is 1. The first kappa shape index (κ1) is 16.7. The van der Waals surface area contributed by atoms with E-state index < -0.39 is 0 Å². The van der Waals surface area contributed by atoms with E-state index in [4.69, 9.17) is 0 Å². The standard InChI is InChI=1S/C20H22FNO2/c1-14-8-9-15(12-19(14)21)11-16-5-2-3-7-18(16)20(24)22-10-4-6-17(22)13-23/h2-3,5,7-9,12,17,23H,4,6,10-11,13H2,1H3/t17-/m0/s1. The fourth-order valence-electron chi connectivity index (χ4n) is 3.30. The number of carbonyl (C=O) groups excluding carboxylic acids is 1. The minimum atomic E-state index is -0.226. The summed E-state index contributed by atoms with van der Waals surface area (Å²) in [6, 6.07) is 12.6. The lowest BCUT2D eigenvalue weighted by Crippen LogP contribution is -2.38. The topological polar surface area (TPSA) is 40.5 Å². The number of halogens is 1. The van der Waals surface area contributed by atoms with Gasteiger partial charge in [0.15, 0.2) is 0 Å². The largest absolute Gasteiger partial charge is 0.394 e. The third-order valence-electron chi connectivity index (χ3n) is 4.73. The van der Waals surface area contributed by atoms with Crippen LogP contribution in [0.2, 0.25) is 0 Å². The molecule has 0 aliphatic carbocycles. The Bertz CT molecular complexity index is 744. The van der Waals surface area contributed by atoms with Crippen LogP contribution in [0.15, 0.2) is 42.5 Å². The maximum absolute atomic E-state index is 13.8. The number of aliphatic hydroxyl groups is 1.